The smallest absolute Gasteiger partial charge is 0.233 e. The summed E-state index contributed by atoms with van der Waals surface area (Å²) >= 11 is 0. The van der Waals surface area contributed by atoms with Gasteiger partial charge in [0.1, 0.15) is 0 Å². The van der Waals surface area contributed by atoms with Crippen molar-refractivity contribution < 1.29 is 9.53 Å². The van der Waals surface area contributed by atoms with E-state index in [1.54, 1.807) is 19.2 Å². The van der Waals surface area contributed by atoms with Gasteiger partial charge in [-0.1, -0.05) is 18.2 Å². The highest BCUT2D eigenvalue weighted by molar-refractivity contribution is 5.75. The van der Waals surface area contributed by atoms with Gasteiger partial charge in [0.05, 0.1) is 6.61 Å². The summed E-state index contributed by atoms with van der Waals surface area (Å²) in [6.45, 7) is 0.537. The average Bonchev–Trinajstić information content (AvgIpc) is 2.06. The Labute approximate surface area is 65.8 Å². The maximum Gasteiger partial charge on any atom is 0.233 e. The third kappa shape index (κ3) is 2.16. The fourth-order valence-electron chi connectivity index (χ4n) is 0.891. The molecular formula is C9H9O2. The minimum atomic E-state index is 0.537. The monoisotopic (exact) mass is 149 g/mol. The van der Waals surface area contributed by atoms with Gasteiger partial charge in [0.2, 0.25) is 6.29 Å². The lowest BCUT2D eigenvalue weighted by Crippen LogP contribution is -1.88. The van der Waals surface area contributed by atoms with Gasteiger partial charge in [-0.15, -0.1) is 0 Å². The zero-order valence-electron chi connectivity index (χ0n) is 6.33. The molecule has 0 aliphatic rings. The fraction of sp³-hybridized carbons (Fsp3) is 0.222. The van der Waals surface area contributed by atoms with Crippen molar-refractivity contribution in [2.75, 3.05) is 7.11 Å². The van der Waals surface area contributed by atoms with Crippen molar-refractivity contribution in [1.29, 1.82) is 0 Å². The van der Waals surface area contributed by atoms with E-state index >= 15 is 0 Å². The van der Waals surface area contributed by atoms with Crippen LogP contribution in [0.2, 0.25) is 0 Å². The van der Waals surface area contributed by atoms with Crippen LogP contribution in [0.25, 0.3) is 0 Å². The standard InChI is InChI=1S/C9H9O2/c1-11-7-9-4-2-3-8(5-9)6-10/h2-5H,7H2,1H3. The van der Waals surface area contributed by atoms with E-state index in [4.69, 9.17) is 4.74 Å². The van der Waals surface area contributed by atoms with Gasteiger partial charge in [0, 0.05) is 12.7 Å². The molecule has 0 aromatic heterocycles. The van der Waals surface area contributed by atoms with Crippen LogP contribution in [-0.4, -0.2) is 13.4 Å². The molecule has 1 radical (unpaired) electrons. The zero-order chi connectivity index (χ0) is 8.10. The van der Waals surface area contributed by atoms with Gasteiger partial charge < -0.3 is 4.74 Å². The second-order valence-electron chi connectivity index (χ2n) is 2.24. The van der Waals surface area contributed by atoms with Gasteiger partial charge in [-0.25, -0.2) is 0 Å². The van der Waals surface area contributed by atoms with E-state index in [2.05, 4.69) is 0 Å². The van der Waals surface area contributed by atoms with E-state index in [9.17, 15) is 4.79 Å². The molecule has 0 aliphatic heterocycles. The predicted octanol–water partition coefficient (Wildman–Crippen LogP) is 1.29. The Kier molecular flexibility index (Phi) is 2.81. The molecule has 0 heterocycles. The van der Waals surface area contributed by atoms with Crippen molar-refractivity contribution in [2.24, 2.45) is 0 Å². The fourth-order valence-corrected chi connectivity index (χ4v) is 0.891. The number of methoxy groups -OCH3 is 1. The maximum atomic E-state index is 10.2. The Balaban J connectivity index is 2.82. The van der Waals surface area contributed by atoms with Crippen molar-refractivity contribution in [3.63, 3.8) is 0 Å². The number of hydrogen-bond donors (Lipinski definition) is 0. The van der Waals surface area contributed by atoms with E-state index in [0.717, 1.165) is 5.56 Å². The molecule has 0 fully saturated rings. The van der Waals surface area contributed by atoms with Crippen LogP contribution in [0.3, 0.4) is 0 Å². The molecule has 0 unspecified atom stereocenters. The number of hydrogen-bond acceptors (Lipinski definition) is 2. The number of rotatable bonds is 3. The van der Waals surface area contributed by atoms with Gasteiger partial charge in [-0.3, -0.25) is 4.79 Å². The molecule has 11 heavy (non-hydrogen) atoms. The third-order valence-corrected chi connectivity index (χ3v) is 1.36. The highest BCUT2D eigenvalue weighted by atomic mass is 16.5. The van der Waals surface area contributed by atoms with E-state index in [1.807, 2.05) is 18.4 Å². The lowest BCUT2D eigenvalue weighted by molar-refractivity contribution is 0.185. The first-order chi connectivity index (χ1) is 5.36. The zero-order valence-corrected chi connectivity index (χ0v) is 6.33. The Hall–Kier alpha value is -1.15. The second-order valence-corrected chi connectivity index (χ2v) is 2.24. The molecule has 0 saturated carbocycles. The Morgan fingerprint density at radius 2 is 2.36 bits per heavy atom. The van der Waals surface area contributed by atoms with Crippen molar-refractivity contribution in [3.05, 3.63) is 35.4 Å². The SMILES string of the molecule is COCc1cccc([C]=O)c1. The largest absolute Gasteiger partial charge is 0.380 e. The van der Waals surface area contributed by atoms with Gasteiger partial charge >= 0.3 is 0 Å². The van der Waals surface area contributed by atoms with Gasteiger partial charge in [0.25, 0.3) is 0 Å². The summed E-state index contributed by atoms with van der Waals surface area (Å²) in [5, 5.41) is 0. The second kappa shape index (κ2) is 3.88. The first-order valence-corrected chi connectivity index (χ1v) is 3.33. The summed E-state index contributed by atoms with van der Waals surface area (Å²) in [5.74, 6) is 0. The minimum Gasteiger partial charge on any atom is -0.380 e. The number of carbonyl (C=O) groups excluding carboxylic acids is 1. The minimum absolute atomic E-state index is 0.537. The lowest BCUT2D eigenvalue weighted by atomic mass is 10.1. The molecule has 0 N–H and O–H groups in total. The van der Waals surface area contributed by atoms with Crippen molar-refractivity contribution in [3.8, 4) is 0 Å². The average molecular weight is 149 g/mol. The third-order valence-electron chi connectivity index (χ3n) is 1.36. The summed E-state index contributed by atoms with van der Waals surface area (Å²) in [4.78, 5) is 10.2. The summed E-state index contributed by atoms with van der Waals surface area (Å²) in [6, 6.07) is 7.20. The van der Waals surface area contributed by atoms with Crippen LogP contribution < -0.4 is 0 Å². The van der Waals surface area contributed by atoms with Crippen molar-refractivity contribution in [1.82, 2.24) is 0 Å². The Morgan fingerprint density at radius 1 is 1.55 bits per heavy atom. The predicted molar refractivity (Wildman–Crippen MR) is 42.0 cm³/mol. The summed E-state index contributed by atoms with van der Waals surface area (Å²) in [7, 11) is 1.62. The summed E-state index contributed by atoms with van der Waals surface area (Å²) in [5.41, 5.74) is 1.56. The topological polar surface area (TPSA) is 26.3 Å². The number of benzene rings is 1. The highest BCUT2D eigenvalue weighted by Gasteiger charge is 1.93. The van der Waals surface area contributed by atoms with Gasteiger partial charge in [-0.2, -0.15) is 0 Å². The van der Waals surface area contributed by atoms with Crippen LogP contribution in [0.15, 0.2) is 24.3 Å². The summed E-state index contributed by atoms with van der Waals surface area (Å²) < 4.78 is 4.90. The number of ether oxygens (including phenoxy) is 1. The Bertz CT molecular complexity index is 243. The molecule has 57 valence electrons. The molecule has 0 aliphatic carbocycles. The first kappa shape index (κ1) is 7.95. The van der Waals surface area contributed by atoms with E-state index in [-0.39, 0.29) is 0 Å². The molecular weight excluding hydrogens is 140 g/mol. The molecule has 2 heteroatoms. The van der Waals surface area contributed by atoms with Crippen molar-refractivity contribution in [2.45, 2.75) is 6.61 Å². The van der Waals surface area contributed by atoms with Crippen LogP contribution in [0.5, 0.6) is 0 Å². The van der Waals surface area contributed by atoms with E-state index in [0.29, 0.717) is 12.2 Å². The molecule has 2 nitrogen and oxygen atoms in total. The molecule has 0 spiro atoms. The van der Waals surface area contributed by atoms with Crippen LogP contribution >= 0.6 is 0 Å². The molecule has 0 amide bonds. The molecule has 0 bridgehead atoms. The van der Waals surface area contributed by atoms with Crippen LogP contribution in [0.1, 0.15) is 11.1 Å². The van der Waals surface area contributed by atoms with Crippen molar-refractivity contribution >= 4 is 6.29 Å². The lowest BCUT2D eigenvalue weighted by Gasteiger charge is -1.98. The van der Waals surface area contributed by atoms with Crippen LogP contribution in [-0.2, 0) is 16.1 Å². The normalized spacial score (nSPS) is 9.55. The van der Waals surface area contributed by atoms with Gasteiger partial charge in [-0.05, 0) is 11.6 Å². The van der Waals surface area contributed by atoms with Gasteiger partial charge in [0.15, 0.2) is 0 Å². The van der Waals surface area contributed by atoms with Crippen LogP contribution in [0, 0.1) is 0 Å². The maximum absolute atomic E-state index is 10.2. The molecule has 1 rings (SSSR count). The first-order valence-electron chi connectivity index (χ1n) is 3.33. The Morgan fingerprint density at radius 3 is 3.00 bits per heavy atom. The van der Waals surface area contributed by atoms with Crippen LogP contribution in [0.4, 0.5) is 0 Å². The summed E-state index contributed by atoms with van der Waals surface area (Å²) in [6.07, 6.45) is 1.82. The quantitative estimate of drug-likeness (QED) is 0.647. The molecule has 0 atom stereocenters. The van der Waals surface area contributed by atoms with E-state index in [1.165, 1.54) is 0 Å². The molecule has 0 saturated heterocycles. The molecule has 1 aromatic rings. The van der Waals surface area contributed by atoms with E-state index < -0.39 is 0 Å². The molecule has 1 aromatic carbocycles. The highest BCUT2D eigenvalue weighted by Crippen LogP contribution is 2.03.